The Bertz CT molecular complexity index is 1530. The fourth-order valence-corrected chi connectivity index (χ4v) is 7.98. The van der Waals surface area contributed by atoms with Gasteiger partial charge in [-0.25, -0.2) is 0 Å². The summed E-state index contributed by atoms with van der Waals surface area (Å²) >= 11 is 6.60. The topological polar surface area (TPSA) is 78.5 Å². The maximum atomic E-state index is 14.5. The fourth-order valence-electron chi connectivity index (χ4n) is 7.71. The molecule has 186 valence electrons. The molecule has 0 aliphatic carbocycles. The Kier molecular flexibility index (Phi) is 4.62. The van der Waals surface area contributed by atoms with Crippen molar-refractivity contribution in [3.05, 3.63) is 93.5 Å². The highest BCUT2D eigenvalue weighted by molar-refractivity contribution is 6.31. The lowest BCUT2D eigenvalue weighted by molar-refractivity contribution is -0.137. The van der Waals surface area contributed by atoms with Gasteiger partial charge in [-0.15, -0.1) is 0 Å². The van der Waals surface area contributed by atoms with Crippen LogP contribution in [0.4, 0.5) is 11.4 Å². The van der Waals surface area contributed by atoms with Crippen molar-refractivity contribution >= 4 is 40.6 Å². The molecule has 4 aliphatic heterocycles. The van der Waals surface area contributed by atoms with Crippen LogP contribution in [0.1, 0.15) is 45.5 Å². The lowest BCUT2D eigenvalue weighted by Crippen LogP contribution is -2.62. The Morgan fingerprint density at radius 1 is 0.973 bits per heavy atom. The normalized spacial score (nSPS) is 29.4. The lowest BCUT2D eigenvalue weighted by Gasteiger charge is -2.43. The number of ketones is 1. The molecule has 2 fully saturated rings. The number of nitrogens with one attached hydrogen (secondary N) is 2. The minimum Gasteiger partial charge on any atom is -0.325 e. The molecule has 0 bridgehead atoms. The first-order chi connectivity index (χ1) is 17.8. The van der Waals surface area contributed by atoms with Crippen LogP contribution in [0.15, 0.2) is 60.7 Å². The third kappa shape index (κ3) is 2.57. The van der Waals surface area contributed by atoms with Crippen molar-refractivity contribution in [2.75, 3.05) is 17.2 Å². The maximum Gasteiger partial charge on any atom is 0.251 e. The van der Waals surface area contributed by atoms with Gasteiger partial charge in [0.1, 0.15) is 11.0 Å². The summed E-state index contributed by atoms with van der Waals surface area (Å²) in [5.41, 5.74) is 2.28. The van der Waals surface area contributed by atoms with E-state index in [0.717, 1.165) is 24.0 Å². The number of hydrogen-bond acceptors (Lipinski definition) is 4. The van der Waals surface area contributed by atoms with Crippen LogP contribution in [-0.4, -0.2) is 35.1 Å². The van der Waals surface area contributed by atoms with E-state index >= 15 is 0 Å². The molecule has 4 aliphatic rings. The molecule has 7 heteroatoms. The molecular formula is C30H26ClN3O3. The summed E-state index contributed by atoms with van der Waals surface area (Å²) in [6.07, 6.45) is 1.56. The Morgan fingerprint density at radius 2 is 1.73 bits per heavy atom. The Balaban J connectivity index is 1.60. The van der Waals surface area contributed by atoms with E-state index in [2.05, 4.69) is 15.5 Å². The van der Waals surface area contributed by atoms with Crippen molar-refractivity contribution in [3.8, 4) is 0 Å². The number of hydrogen-bond donors (Lipinski definition) is 2. The number of carbonyl (C=O) groups is 3. The zero-order valence-corrected chi connectivity index (χ0v) is 21.4. The van der Waals surface area contributed by atoms with Gasteiger partial charge in [0.15, 0.2) is 5.78 Å². The number of anilines is 2. The highest BCUT2D eigenvalue weighted by Crippen LogP contribution is 2.68. The fraction of sp³-hybridized carbons (Fsp3) is 0.300. The van der Waals surface area contributed by atoms with E-state index < -0.39 is 16.9 Å². The molecule has 0 aromatic heterocycles. The van der Waals surface area contributed by atoms with Gasteiger partial charge in [-0.1, -0.05) is 59.6 Å². The number of aryl methyl sites for hydroxylation is 2. The highest BCUT2D eigenvalue weighted by atomic mass is 35.5. The van der Waals surface area contributed by atoms with Crippen molar-refractivity contribution in [1.29, 1.82) is 0 Å². The molecule has 2 spiro atoms. The zero-order valence-electron chi connectivity index (χ0n) is 20.6. The van der Waals surface area contributed by atoms with Crippen LogP contribution in [0.25, 0.3) is 0 Å². The molecule has 4 atom stereocenters. The molecular weight excluding hydrogens is 486 g/mol. The van der Waals surface area contributed by atoms with E-state index in [1.54, 1.807) is 0 Å². The SMILES string of the molecule is Cc1ccc(C(=O)[C@H]2[C@H]3CCCN3[C@]3(C(=O)Nc4c(C)cc(Cl)cc43)[C@]23C(=O)Nc2ccccc23)cc1. The van der Waals surface area contributed by atoms with Gasteiger partial charge in [0, 0.05) is 33.6 Å². The second-order valence-electron chi connectivity index (χ2n) is 10.7. The van der Waals surface area contributed by atoms with Crippen LogP contribution in [0.2, 0.25) is 5.02 Å². The largest absolute Gasteiger partial charge is 0.325 e. The van der Waals surface area contributed by atoms with Gasteiger partial charge in [-0.2, -0.15) is 0 Å². The first kappa shape index (κ1) is 22.7. The lowest BCUT2D eigenvalue weighted by atomic mass is 9.57. The number of rotatable bonds is 2. The molecule has 37 heavy (non-hydrogen) atoms. The van der Waals surface area contributed by atoms with Gasteiger partial charge in [0.05, 0.1) is 5.92 Å². The van der Waals surface area contributed by atoms with Crippen molar-refractivity contribution in [3.63, 3.8) is 0 Å². The Hall–Kier alpha value is -3.48. The average molecular weight is 512 g/mol. The number of carbonyl (C=O) groups excluding carboxylic acids is 3. The molecule has 3 aromatic carbocycles. The predicted molar refractivity (Wildman–Crippen MR) is 142 cm³/mol. The number of halogens is 1. The minimum absolute atomic E-state index is 0.111. The molecule has 2 N–H and O–H groups in total. The summed E-state index contributed by atoms with van der Waals surface area (Å²) in [5, 5.41) is 6.68. The van der Waals surface area contributed by atoms with Gasteiger partial charge in [0.2, 0.25) is 5.91 Å². The monoisotopic (exact) mass is 511 g/mol. The van der Waals surface area contributed by atoms with E-state index in [9.17, 15) is 14.4 Å². The summed E-state index contributed by atoms with van der Waals surface area (Å²) in [7, 11) is 0. The number of nitrogens with zero attached hydrogens (tertiary/aromatic N) is 1. The predicted octanol–water partition coefficient (Wildman–Crippen LogP) is 4.97. The maximum absolute atomic E-state index is 14.5. The van der Waals surface area contributed by atoms with Crippen LogP contribution in [0, 0.1) is 19.8 Å². The van der Waals surface area contributed by atoms with Gasteiger partial charge < -0.3 is 10.6 Å². The highest BCUT2D eigenvalue weighted by Gasteiger charge is 2.81. The Morgan fingerprint density at radius 3 is 2.51 bits per heavy atom. The van der Waals surface area contributed by atoms with Gasteiger partial charge >= 0.3 is 0 Å². The number of benzene rings is 3. The second kappa shape index (κ2) is 7.53. The number of Topliss-reactive ketones (excluding diaryl/α,β-unsaturated/α-hetero) is 1. The summed E-state index contributed by atoms with van der Waals surface area (Å²) in [6, 6.07) is 18.3. The molecule has 6 nitrogen and oxygen atoms in total. The Labute approximate surface area is 220 Å². The molecule has 0 radical (unpaired) electrons. The van der Waals surface area contributed by atoms with E-state index in [1.165, 1.54) is 0 Å². The number of para-hydroxylation sites is 1. The van der Waals surface area contributed by atoms with E-state index in [4.69, 9.17) is 11.6 Å². The smallest absolute Gasteiger partial charge is 0.251 e. The average Bonchev–Trinajstić information content (AvgIpc) is 3.59. The van der Waals surface area contributed by atoms with Crippen molar-refractivity contribution < 1.29 is 14.4 Å². The van der Waals surface area contributed by atoms with Crippen molar-refractivity contribution in [2.24, 2.45) is 5.92 Å². The molecule has 0 saturated carbocycles. The molecule has 4 heterocycles. The van der Waals surface area contributed by atoms with Crippen molar-refractivity contribution in [2.45, 2.75) is 43.7 Å². The van der Waals surface area contributed by atoms with Crippen LogP contribution in [-0.2, 0) is 20.5 Å². The molecule has 0 unspecified atom stereocenters. The molecule has 2 saturated heterocycles. The summed E-state index contributed by atoms with van der Waals surface area (Å²) in [6.45, 7) is 4.49. The van der Waals surface area contributed by atoms with Gasteiger partial charge in [-0.05, 0) is 62.6 Å². The van der Waals surface area contributed by atoms with Crippen LogP contribution >= 0.6 is 11.6 Å². The summed E-state index contributed by atoms with van der Waals surface area (Å²) < 4.78 is 0. The van der Waals surface area contributed by atoms with Crippen LogP contribution < -0.4 is 10.6 Å². The van der Waals surface area contributed by atoms with Crippen LogP contribution in [0.5, 0.6) is 0 Å². The summed E-state index contributed by atoms with van der Waals surface area (Å²) in [5.74, 6) is -1.45. The third-order valence-corrected chi connectivity index (χ3v) is 9.20. The van der Waals surface area contributed by atoms with E-state index in [0.29, 0.717) is 39.6 Å². The summed E-state index contributed by atoms with van der Waals surface area (Å²) in [4.78, 5) is 45.6. The zero-order chi connectivity index (χ0) is 25.7. The molecule has 3 aromatic rings. The van der Waals surface area contributed by atoms with Crippen molar-refractivity contribution in [1.82, 2.24) is 4.90 Å². The van der Waals surface area contributed by atoms with E-state index in [1.807, 2.05) is 74.5 Å². The van der Waals surface area contributed by atoms with E-state index in [-0.39, 0.29) is 23.6 Å². The minimum atomic E-state index is -1.46. The van der Waals surface area contributed by atoms with Crippen LogP contribution in [0.3, 0.4) is 0 Å². The van der Waals surface area contributed by atoms with Gasteiger partial charge in [-0.3, -0.25) is 19.3 Å². The third-order valence-electron chi connectivity index (χ3n) is 8.99. The number of amides is 2. The first-order valence-corrected chi connectivity index (χ1v) is 13.1. The second-order valence-corrected chi connectivity index (χ2v) is 11.2. The standard InChI is InChI=1S/C30H26ClN3O3/c1-16-9-11-18(12-10-16)26(35)24-23-8-5-13-34(23)30(21-15-19(31)14-17(2)25(21)33-28(30)37)29(24)20-6-3-4-7-22(20)32-27(29)36/h3-4,6-7,9-12,14-15,23-24H,5,8,13H2,1-2H3,(H,32,36)(H,33,37)/t23-,24-,29+,30-/m1/s1. The first-order valence-electron chi connectivity index (χ1n) is 12.7. The molecule has 7 rings (SSSR count). The molecule has 2 amide bonds. The quantitative estimate of drug-likeness (QED) is 0.476. The van der Waals surface area contributed by atoms with Gasteiger partial charge in [0.25, 0.3) is 5.91 Å². The number of fused-ring (bicyclic) bond motifs is 7.